The molecule has 0 fully saturated rings. The van der Waals surface area contributed by atoms with Crippen molar-refractivity contribution in [3.8, 4) is 11.3 Å². The zero-order valence-electron chi connectivity index (χ0n) is 14.2. The first-order valence-electron chi connectivity index (χ1n) is 7.74. The van der Waals surface area contributed by atoms with Crippen molar-refractivity contribution in [3.63, 3.8) is 0 Å². The molecule has 0 aliphatic rings. The van der Waals surface area contributed by atoms with Crippen LogP contribution in [0.2, 0.25) is 0 Å². The number of hydrogen-bond donors (Lipinski definition) is 2. The Morgan fingerprint density at radius 3 is 2.18 bits per heavy atom. The molecule has 0 atom stereocenters. The van der Waals surface area contributed by atoms with E-state index in [1.54, 1.807) is 24.5 Å². The molecule has 3 aromatic rings. The zero-order chi connectivity index (χ0) is 20.4. The molecule has 11 heteroatoms. The molecule has 9 nitrogen and oxygen atoms in total. The summed E-state index contributed by atoms with van der Waals surface area (Å²) < 4.78 is 50.0. The highest BCUT2D eigenvalue weighted by Gasteiger charge is 2.26. The lowest BCUT2D eigenvalue weighted by molar-refractivity contribution is 0.0981. The summed E-state index contributed by atoms with van der Waals surface area (Å²) in [5, 5.41) is 5.05. The van der Waals surface area contributed by atoms with E-state index in [0.717, 1.165) is 17.7 Å². The number of pyridine rings is 2. The number of aromatic nitrogens is 2. The van der Waals surface area contributed by atoms with Gasteiger partial charge in [-0.2, -0.15) is 0 Å². The number of sulfonamides is 2. The van der Waals surface area contributed by atoms with Gasteiger partial charge in [-0.3, -0.25) is 14.8 Å². The van der Waals surface area contributed by atoms with Crippen LogP contribution in [0.4, 0.5) is 0 Å². The predicted molar refractivity (Wildman–Crippen MR) is 99.9 cm³/mol. The first-order chi connectivity index (χ1) is 13.2. The molecule has 0 saturated carbocycles. The molecule has 1 aromatic carbocycles. The summed E-state index contributed by atoms with van der Waals surface area (Å²) in [7, 11) is -8.78. The second kappa shape index (κ2) is 7.46. The standard InChI is InChI=1S/C17H14N4O5S2/c18-27(23,24)15-5-1-2-6-16(15)28(25,26)21-17(22)13-7-8-14(20-11-13)12-4-3-9-19-10-12/h1-11H,(H,21,22)(H2,18,23,24). The van der Waals surface area contributed by atoms with Crippen LogP contribution in [0.15, 0.2) is 76.9 Å². The Kier molecular flexibility index (Phi) is 5.23. The van der Waals surface area contributed by atoms with Crippen LogP contribution < -0.4 is 9.86 Å². The van der Waals surface area contributed by atoms with Gasteiger partial charge in [-0.15, -0.1) is 0 Å². The van der Waals surface area contributed by atoms with Gasteiger partial charge in [-0.05, 0) is 36.4 Å². The highest BCUT2D eigenvalue weighted by molar-refractivity contribution is 7.92. The first kappa shape index (κ1) is 19.6. The molecular weight excluding hydrogens is 404 g/mol. The summed E-state index contributed by atoms with van der Waals surface area (Å²) in [5.74, 6) is -0.963. The Balaban J connectivity index is 1.87. The molecule has 0 saturated heterocycles. The lowest BCUT2D eigenvalue weighted by Gasteiger charge is -2.10. The Morgan fingerprint density at radius 2 is 1.61 bits per heavy atom. The SMILES string of the molecule is NS(=O)(=O)c1ccccc1S(=O)(=O)NC(=O)c1ccc(-c2cccnc2)nc1. The Hall–Kier alpha value is -3.15. The van der Waals surface area contributed by atoms with Crippen molar-refractivity contribution in [3.05, 3.63) is 72.7 Å². The third-order valence-electron chi connectivity index (χ3n) is 3.66. The van der Waals surface area contributed by atoms with Gasteiger partial charge in [0.25, 0.3) is 15.9 Å². The zero-order valence-corrected chi connectivity index (χ0v) is 15.8. The molecule has 0 aliphatic carbocycles. The van der Waals surface area contributed by atoms with Gasteiger partial charge in [-0.1, -0.05) is 12.1 Å². The van der Waals surface area contributed by atoms with Gasteiger partial charge in [0.05, 0.1) is 11.3 Å². The van der Waals surface area contributed by atoms with Crippen molar-refractivity contribution in [1.29, 1.82) is 0 Å². The number of carbonyl (C=O) groups is 1. The van der Waals surface area contributed by atoms with Gasteiger partial charge in [0.1, 0.15) is 9.79 Å². The van der Waals surface area contributed by atoms with Crippen molar-refractivity contribution >= 4 is 26.0 Å². The monoisotopic (exact) mass is 418 g/mol. The number of hydrogen-bond acceptors (Lipinski definition) is 7. The lowest BCUT2D eigenvalue weighted by Crippen LogP contribution is -2.32. The molecule has 0 spiro atoms. The summed E-state index contributed by atoms with van der Waals surface area (Å²) in [6.45, 7) is 0. The van der Waals surface area contributed by atoms with E-state index in [-0.39, 0.29) is 5.56 Å². The first-order valence-corrected chi connectivity index (χ1v) is 10.8. The number of nitrogens with zero attached hydrogens (tertiary/aromatic N) is 2. The number of rotatable bonds is 5. The summed E-state index contributed by atoms with van der Waals surface area (Å²) in [4.78, 5) is 19.2. The number of amides is 1. The molecule has 0 unspecified atom stereocenters. The van der Waals surface area contributed by atoms with E-state index in [9.17, 15) is 21.6 Å². The number of carbonyl (C=O) groups excluding carboxylic acids is 1. The summed E-state index contributed by atoms with van der Waals surface area (Å²) in [5.41, 5.74) is 1.25. The Bertz CT molecular complexity index is 1230. The van der Waals surface area contributed by atoms with Crippen LogP contribution in [0.25, 0.3) is 11.3 Å². The van der Waals surface area contributed by atoms with Gasteiger partial charge in [-0.25, -0.2) is 26.7 Å². The van der Waals surface area contributed by atoms with E-state index < -0.39 is 35.7 Å². The van der Waals surface area contributed by atoms with E-state index in [1.165, 1.54) is 30.5 Å². The largest absolute Gasteiger partial charge is 0.268 e. The fraction of sp³-hybridized carbons (Fsp3) is 0. The fourth-order valence-corrected chi connectivity index (χ4v) is 4.71. The number of nitrogens with one attached hydrogen (secondary N) is 1. The maximum Gasteiger partial charge on any atom is 0.266 e. The van der Waals surface area contributed by atoms with Crippen molar-refractivity contribution < 1.29 is 21.6 Å². The summed E-state index contributed by atoms with van der Waals surface area (Å²) >= 11 is 0. The number of nitrogens with two attached hydrogens (primary N) is 1. The third-order valence-corrected chi connectivity index (χ3v) is 6.14. The van der Waals surface area contributed by atoms with Crippen LogP contribution in [0.3, 0.4) is 0 Å². The molecular formula is C17H14N4O5S2. The lowest BCUT2D eigenvalue weighted by atomic mass is 10.1. The van der Waals surface area contributed by atoms with Gasteiger partial charge in [0.2, 0.25) is 10.0 Å². The van der Waals surface area contributed by atoms with Crippen LogP contribution in [0.5, 0.6) is 0 Å². The fourth-order valence-electron chi connectivity index (χ4n) is 2.36. The molecule has 0 bridgehead atoms. The third kappa shape index (κ3) is 4.22. The summed E-state index contributed by atoms with van der Waals surface area (Å²) in [6, 6.07) is 11.2. The highest BCUT2D eigenvalue weighted by atomic mass is 32.2. The van der Waals surface area contributed by atoms with Crippen LogP contribution in [0, 0.1) is 0 Å². The van der Waals surface area contributed by atoms with E-state index >= 15 is 0 Å². The smallest absolute Gasteiger partial charge is 0.266 e. The van der Waals surface area contributed by atoms with Crippen LogP contribution in [-0.4, -0.2) is 32.7 Å². The van der Waals surface area contributed by atoms with Crippen molar-refractivity contribution in [2.45, 2.75) is 9.79 Å². The molecule has 2 heterocycles. The molecule has 2 aromatic heterocycles. The van der Waals surface area contributed by atoms with Crippen LogP contribution >= 0.6 is 0 Å². The minimum absolute atomic E-state index is 0.0238. The molecule has 3 rings (SSSR count). The average Bonchev–Trinajstić information content (AvgIpc) is 2.68. The second-order valence-electron chi connectivity index (χ2n) is 5.60. The molecule has 144 valence electrons. The van der Waals surface area contributed by atoms with Gasteiger partial charge >= 0.3 is 0 Å². The van der Waals surface area contributed by atoms with Crippen molar-refractivity contribution in [2.24, 2.45) is 5.14 Å². The maximum atomic E-state index is 12.5. The van der Waals surface area contributed by atoms with E-state index in [1.807, 2.05) is 4.72 Å². The van der Waals surface area contributed by atoms with Gasteiger partial charge in [0, 0.05) is 24.2 Å². The van der Waals surface area contributed by atoms with Crippen molar-refractivity contribution in [2.75, 3.05) is 0 Å². The molecule has 3 N–H and O–H groups in total. The van der Waals surface area contributed by atoms with Crippen LogP contribution in [0.1, 0.15) is 10.4 Å². The molecule has 1 amide bonds. The second-order valence-corrected chi connectivity index (χ2v) is 8.78. The minimum Gasteiger partial charge on any atom is -0.268 e. The molecule has 28 heavy (non-hydrogen) atoms. The Labute approximate surface area is 161 Å². The Morgan fingerprint density at radius 1 is 0.893 bits per heavy atom. The van der Waals surface area contributed by atoms with Crippen molar-refractivity contribution in [1.82, 2.24) is 14.7 Å². The van der Waals surface area contributed by atoms with E-state index in [4.69, 9.17) is 5.14 Å². The predicted octanol–water partition coefficient (Wildman–Crippen LogP) is 0.910. The minimum atomic E-state index is -4.48. The average molecular weight is 418 g/mol. The van der Waals surface area contributed by atoms with Gasteiger partial charge in [0.15, 0.2) is 0 Å². The molecule has 0 radical (unpaired) electrons. The van der Waals surface area contributed by atoms with E-state index in [0.29, 0.717) is 5.69 Å². The maximum absolute atomic E-state index is 12.5. The highest BCUT2D eigenvalue weighted by Crippen LogP contribution is 2.20. The van der Waals surface area contributed by atoms with Gasteiger partial charge < -0.3 is 0 Å². The quantitative estimate of drug-likeness (QED) is 0.625. The molecule has 0 aliphatic heterocycles. The number of primary sulfonamides is 1. The summed E-state index contributed by atoms with van der Waals surface area (Å²) in [6.07, 6.45) is 4.41. The normalized spacial score (nSPS) is 11.8. The number of benzene rings is 1. The topological polar surface area (TPSA) is 149 Å². The van der Waals surface area contributed by atoms with Crippen LogP contribution in [-0.2, 0) is 20.0 Å². The van der Waals surface area contributed by atoms with E-state index in [2.05, 4.69) is 9.97 Å².